The third-order valence-electron chi connectivity index (χ3n) is 1.35. The SMILES string of the molecule is CCc1c(F)c[c]cc1Br. The van der Waals surface area contributed by atoms with Gasteiger partial charge in [-0.25, -0.2) is 4.39 Å². The van der Waals surface area contributed by atoms with Crippen LogP contribution in [0.3, 0.4) is 0 Å². The van der Waals surface area contributed by atoms with Crippen molar-refractivity contribution in [3.8, 4) is 0 Å². The minimum absolute atomic E-state index is 0.183. The highest BCUT2D eigenvalue weighted by molar-refractivity contribution is 9.10. The van der Waals surface area contributed by atoms with Gasteiger partial charge in [-0.05, 0) is 24.6 Å². The van der Waals surface area contributed by atoms with Gasteiger partial charge in [0.25, 0.3) is 0 Å². The van der Waals surface area contributed by atoms with Gasteiger partial charge in [-0.3, -0.25) is 0 Å². The molecule has 0 aliphatic heterocycles. The highest BCUT2D eigenvalue weighted by Crippen LogP contribution is 2.19. The fourth-order valence-electron chi connectivity index (χ4n) is 0.814. The lowest BCUT2D eigenvalue weighted by Crippen LogP contribution is -1.87. The van der Waals surface area contributed by atoms with E-state index in [0.717, 1.165) is 10.0 Å². The lowest BCUT2D eigenvalue weighted by Gasteiger charge is -1.99. The predicted octanol–water partition coefficient (Wildman–Crippen LogP) is 2.95. The number of hydrogen-bond acceptors (Lipinski definition) is 0. The van der Waals surface area contributed by atoms with E-state index in [4.69, 9.17) is 0 Å². The van der Waals surface area contributed by atoms with Crippen molar-refractivity contribution in [2.45, 2.75) is 13.3 Å². The summed E-state index contributed by atoms with van der Waals surface area (Å²) in [6.07, 6.45) is 0.709. The summed E-state index contributed by atoms with van der Waals surface area (Å²) < 4.78 is 13.6. The molecule has 10 heavy (non-hydrogen) atoms. The molecule has 0 saturated carbocycles. The van der Waals surface area contributed by atoms with Gasteiger partial charge in [0.05, 0.1) is 0 Å². The van der Waals surface area contributed by atoms with E-state index in [2.05, 4.69) is 22.0 Å². The van der Waals surface area contributed by atoms with Gasteiger partial charge in [-0.1, -0.05) is 22.9 Å². The topological polar surface area (TPSA) is 0 Å². The monoisotopic (exact) mass is 201 g/mol. The van der Waals surface area contributed by atoms with Crippen LogP contribution in [0.4, 0.5) is 4.39 Å². The maximum atomic E-state index is 12.8. The molecule has 1 rings (SSSR count). The van der Waals surface area contributed by atoms with Crippen molar-refractivity contribution < 1.29 is 4.39 Å². The Kier molecular flexibility index (Phi) is 2.44. The van der Waals surface area contributed by atoms with Crippen molar-refractivity contribution in [1.29, 1.82) is 0 Å². The molecule has 0 unspecified atom stereocenters. The Bertz CT molecular complexity index is 212. The molecule has 0 N–H and O–H groups in total. The van der Waals surface area contributed by atoms with Crippen molar-refractivity contribution in [3.63, 3.8) is 0 Å². The van der Waals surface area contributed by atoms with Crippen LogP contribution in [0.25, 0.3) is 0 Å². The minimum atomic E-state index is -0.183. The van der Waals surface area contributed by atoms with Gasteiger partial charge >= 0.3 is 0 Å². The van der Waals surface area contributed by atoms with E-state index >= 15 is 0 Å². The molecule has 0 atom stereocenters. The van der Waals surface area contributed by atoms with Crippen molar-refractivity contribution in [3.05, 3.63) is 34.1 Å². The molecule has 0 aromatic heterocycles. The van der Waals surface area contributed by atoms with E-state index < -0.39 is 0 Å². The van der Waals surface area contributed by atoms with Crippen molar-refractivity contribution in [2.75, 3.05) is 0 Å². The average molecular weight is 202 g/mol. The molecule has 0 fully saturated rings. The first-order chi connectivity index (χ1) is 4.75. The Morgan fingerprint density at radius 1 is 1.60 bits per heavy atom. The van der Waals surface area contributed by atoms with Crippen LogP contribution in [0.5, 0.6) is 0 Å². The highest BCUT2D eigenvalue weighted by Gasteiger charge is 2.01. The van der Waals surface area contributed by atoms with Gasteiger partial charge < -0.3 is 0 Å². The normalized spacial score (nSPS) is 9.90. The largest absolute Gasteiger partial charge is 0.207 e. The van der Waals surface area contributed by atoms with E-state index in [9.17, 15) is 4.39 Å². The van der Waals surface area contributed by atoms with Crippen molar-refractivity contribution >= 4 is 15.9 Å². The standard InChI is InChI=1S/C8H7BrF/c1-2-6-7(9)4-3-5-8(6)10/h4-5H,2H2,1H3. The smallest absolute Gasteiger partial charge is 0.128 e. The van der Waals surface area contributed by atoms with Crippen LogP contribution < -0.4 is 0 Å². The Morgan fingerprint density at radius 3 is 2.70 bits per heavy atom. The lowest BCUT2D eigenvalue weighted by molar-refractivity contribution is 0.610. The molecule has 1 radical (unpaired) electrons. The van der Waals surface area contributed by atoms with Gasteiger partial charge in [0.1, 0.15) is 5.82 Å². The van der Waals surface area contributed by atoms with Crippen LogP contribution in [-0.4, -0.2) is 0 Å². The third kappa shape index (κ3) is 1.37. The summed E-state index contributed by atoms with van der Waals surface area (Å²) in [6, 6.07) is 5.76. The van der Waals surface area contributed by atoms with Gasteiger partial charge in [0.15, 0.2) is 0 Å². The molecule has 1 aromatic carbocycles. The first-order valence-corrected chi connectivity index (χ1v) is 3.89. The molecule has 53 valence electrons. The van der Waals surface area contributed by atoms with Crippen LogP contribution in [0, 0.1) is 11.9 Å². The Balaban J connectivity index is 3.17. The number of hydrogen-bond donors (Lipinski definition) is 0. The molecule has 0 spiro atoms. The molecule has 0 amide bonds. The Hall–Kier alpha value is -0.370. The van der Waals surface area contributed by atoms with Crippen molar-refractivity contribution in [2.24, 2.45) is 0 Å². The number of rotatable bonds is 1. The molecule has 2 heteroatoms. The van der Waals surface area contributed by atoms with E-state index in [0.29, 0.717) is 6.42 Å². The molecule has 0 saturated heterocycles. The van der Waals surface area contributed by atoms with E-state index in [-0.39, 0.29) is 5.82 Å². The summed E-state index contributed by atoms with van der Waals surface area (Å²) in [5.74, 6) is -0.183. The molecular formula is C8H7BrF. The minimum Gasteiger partial charge on any atom is -0.207 e. The van der Waals surface area contributed by atoms with Gasteiger partial charge in [0, 0.05) is 10.0 Å². The maximum absolute atomic E-state index is 12.8. The van der Waals surface area contributed by atoms with Gasteiger partial charge in [-0.2, -0.15) is 0 Å². The maximum Gasteiger partial charge on any atom is 0.128 e. The third-order valence-corrected chi connectivity index (χ3v) is 2.06. The van der Waals surface area contributed by atoms with Gasteiger partial charge in [-0.15, -0.1) is 0 Å². The van der Waals surface area contributed by atoms with E-state index in [1.165, 1.54) is 6.07 Å². The summed E-state index contributed by atoms with van der Waals surface area (Å²) in [6.45, 7) is 1.92. The molecule has 0 heterocycles. The summed E-state index contributed by atoms with van der Waals surface area (Å²) in [7, 11) is 0. The second-order valence-corrected chi connectivity index (χ2v) is 2.84. The molecule has 0 nitrogen and oxygen atoms in total. The predicted molar refractivity (Wildman–Crippen MR) is 42.3 cm³/mol. The van der Waals surface area contributed by atoms with Crippen LogP contribution >= 0.6 is 15.9 Å². The van der Waals surface area contributed by atoms with Crippen LogP contribution in [0.15, 0.2) is 16.6 Å². The lowest BCUT2D eigenvalue weighted by atomic mass is 10.2. The molecule has 0 bridgehead atoms. The second kappa shape index (κ2) is 3.15. The van der Waals surface area contributed by atoms with Crippen LogP contribution in [0.2, 0.25) is 0 Å². The summed E-state index contributed by atoms with van der Waals surface area (Å²) in [5.41, 5.74) is 0.721. The molecule has 0 aliphatic carbocycles. The quantitative estimate of drug-likeness (QED) is 0.656. The Morgan fingerprint density at radius 2 is 2.30 bits per heavy atom. The highest BCUT2D eigenvalue weighted by atomic mass is 79.9. The summed E-state index contributed by atoms with van der Waals surface area (Å²) in [4.78, 5) is 0. The second-order valence-electron chi connectivity index (χ2n) is 1.98. The zero-order valence-electron chi connectivity index (χ0n) is 5.62. The average Bonchev–Trinajstić information content (AvgIpc) is 1.88. The molecule has 0 aliphatic rings. The number of halogens is 2. The summed E-state index contributed by atoms with van der Waals surface area (Å²) in [5, 5.41) is 0. The fourth-order valence-corrected chi connectivity index (χ4v) is 1.42. The first-order valence-electron chi connectivity index (χ1n) is 3.09. The zero-order valence-corrected chi connectivity index (χ0v) is 7.20. The van der Waals surface area contributed by atoms with E-state index in [1.54, 1.807) is 6.07 Å². The number of benzene rings is 1. The van der Waals surface area contributed by atoms with Crippen LogP contribution in [-0.2, 0) is 6.42 Å². The zero-order chi connectivity index (χ0) is 7.56. The molecule has 1 aromatic rings. The fraction of sp³-hybridized carbons (Fsp3) is 0.250. The Labute approximate surface area is 68.2 Å². The van der Waals surface area contributed by atoms with Gasteiger partial charge in [0.2, 0.25) is 0 Å². The molecular weight excluding hydrogens is 195 g/mol. The van der Waals surface area contributed by atoms with Crippen molar-refractivity contribution in [1.82, 2.24) is 0 Å². The first kappa shape index (κ1) is 7.73. The summed E-state index contributed by atoms with van der Waals surface area (Å²) >= 11 is 3.24. The van der Waals surface area contributed by atoms with E-state index in [1.807, 2.05) is 6.92 Å². The van der Waals surface area contributed by atoms with Crippen LogP contribution in [0.1, 0.15) is 12.5 Å².